The van der Waals surface area contributed by atoms with Gasteiger partial charge in [0.1, 0.15) is 5.82 Å². The van der Waals surface area contributed by atoms with Gasteiger partial charge in [0.05, 0.1) is 5.75 Å². The summed E-state index contributed by atoms with van der Waals surface area (Å²) in [6.07, 6.45) is 8.01. The number of hydrogen-bond donors (Lipinski definition) is 0. The van der Waals surface area contributed by atoms with Crippen LogP contribution in [0.5, 0.6) is 0 Å². The fourth-order valence-corrected chi connectivity index (χ4v) is 4.96. The van der Waals surface area contributed by atoms with Crippen molar-refractivity contribution in [2.45, 2.75) is 56.1 Å². The molecule has 3 heterocycles. The first-order valence-corrected chi connectivity index (χ1v) is 11.0. The highest BCUT2D eigenvalue weighted by Crippen LogP contribution is 2.39. The van der Waals surface area contributed by atoms with Gasteiger partial charge < -0.3 is 9.47 Å². The summed E-state index contributed by atoms with van der Waals surface area (Å²) in [5, 5.41) is 11.8. The van der Waals surface area contributed by atoms with Crippen LogP contribution >= 0.6 is 23.1 Å². The lowest BCUT2D eigenvalue weighted by Gasteiger charge is -2.19. The highest BCUT2D eigenvalue weighted by atomic mass is 32.2. The lowest BCUT2D eigenvalue weighted by molar-refractivity contribution is -0.128. The fourth-order valence-electron chi connectivity index (χ4n) is 3.33. The molecule has 1 saturated heterocycles. The minimum atomic E-state index is 0.247. The summed E-state index contributed by atoms with van der Waals surface area (Å²) in [5.74, 6) is 1.76. The maximum atomic E-state index is 12.5. The minimum absolute atomic E-state index is 0.247. The van der Waals surface area contributed by atoms with Crippen LogP contribution in [-0.2, 0) is 11.2 Å². The van der Waals surface area contributed by atoms with Gasteiger partial charge in [-0.05, 0) is 37.1 Å². The Morgan fingerprint density at radius 3 is 2.68 bits per heavy atom. The van der Waals surface area contributed by atoms with Crippen LogP contribution in [0.3, 0.4) is 0 Å². The third-order valence-electron chi connectivity index (χ3n) is 4.84. The third kappa shape index (κ3) is 4.26. The molecule has 0 aromatic carbocycles. The molecule has 1 aliphatic heterocycles. The van der Waals surface area contributed by atoms with E-state index in [0.29, 0.717) is 11.8 Å². The first-order valence-electron chi connectivity index (χ1n) is 9.18. The van der Waals surface area contributed by atoms with Gasteiger partial charge in [-0.3, -0.25) is 4.79 Å². The van der Waals surface area contributed by atoms with E-state index in [1.807, 2.05) is 4.90 Å². The highest BCUT2D eigenvalue weighted by molar-refractivity contribution is 7.99. The molecule has 134 valence electrons. The Morgan fingerprint density at radius 1 is 1.20 bits per heavy atom. The maximum absolute atomic E-state index is 12.5. The molecule has 2 aliphatic rings. The zero-order chi connectivity index (χ0) is 17.1. The minimum Gasteiger partial charge on any atom is -0.342 e. The molecule has 2 aromatic rings. The Labute approximate surface area is 156 Å². The second-order valence-electron chi connectivity index (χ2n) is 6.84. The van der Waals surface area contributed by atoms with Crippen molar-refractivity contribution in [1.82, 2.24) is 19.7 Å². The van der Waals surface area contributed by atoms with E-state index in [2.05, 4.69) is 32.3 Å². The maximum Gasteiger partial charge on any atom is 0.233 e. The zero-order valence-electron chi connectivity index (χ0n) is 14.4. The van der Waals surface area contributed by atoms with Crippen LogP contribution in [-0.4, -0.2) is 44.4 Å². The lowest BCUT2D eigenvalue weighted by Crippen LogP contribution is -2.33. The smallest absolute Gasteiger partial charge is 0.233 e. The number of rotatable bonds is 6. The molecule has 1 aliphatic carbocycles. The van der Waals surface area contributed by atoms with E-state index in [1.165, 1.54) is 30.6 Å². The Bertz CT molecular complexity index is 701. The molecule has 0 radical (unpaired) electrons. The zero-order valence-corrected chi connectivity index (χ0v) is 16.0. The van der Waals surface area contributed by atoms with E-state index in [1.54, 1.807) is 23.1 Å². The summed E-state index contributed by atoms with van der Waals surface area (Å²) in [5.41, 5.74) is 0. The summed E-state index contributed by atoms with van der Waals surface area (Å²) in [6, 6.07) is 4.75. The molecule has 1 saturated carbocycles. The van der Waals surface area contributed by atoms with Crippen LogP contribution in [0.2, 0.25) is 0 Å². The SMILES string of the molecule is O=C(CSc1nnc(Cc2cccs2)n1C1CC1)N1CCCCCC1. The van der Waals surface area contributed by atoms with Gasteiger partial charge in [-0.1, -0.05) is 30.7 Å². The van der Waals surface area contributed by atoms with Gasteiger partial charge in [0.2, 0.25) is 5.91 Å². The highest BCUT2D eigenvalue weighted by Gasteiger charge is 2.30. The number of carbonyl (C=O) groups excluding carboxylic acids is 1. The molecule has 25 heavy (non-hydrogen) atoms. The van der Waals surface area contributed by atoms with E-state index in [9.17, 15) is 4.79 Å². The number of thioether (sulfide) groups is 1. The summed E-state index contributed by atoms with van der Waals surface area (Å²) >= 11 is 3.32. The molecule has 2 fully saturated rings. The largest absolute Gasteiger partial charge is 0.342 e. The average molecular weight is 377 g/mol. The Balaban J connectivity index is 1.41. The van der Waals surface area contributed by atoms with Gasteiger partial charge in [0, 0.05) is 30.4 Å². The third-order valence-corrected chi connectivity index (χ3v) is 6.65. The molecule has 1 amide bonds. The predicted octanol–water partition coefficient (Wildman–Crippen LogP) is 3.76. The van der Waals surface area contributed by atoms with Crippen molar-refractivity contribution in [2.75, 3.05) is 18.8 Å². The molecule has 2 aromatic heterocycles. The Hall–Kier alpha value is -1.34. The quantitative estimate of drug-likeness (QED) is 0.720. The molecule has 0 spiro atoms. The molecule has 0 N–H and O–H groups in total. The van der Waals surface area contributed by atoms with Gasteiger partial charge in [0.25, 0.3) is 0 Å². The summed E-state index contributed by atoms with van der Waals surface area (Å²) in [7, 11) is 0. The first-order chi connectivity index (χ1) is 12.3. The summed E-state index contributed by atoms with van der Waals surface area (Å²) in [6.45, 7) is 1.83. The second-order valence-corrected chi connectivity index (χ2v) is 8.81. The molecule has 0 bridgehead atoms. The number of thiophene rings is 1. The number of aromatic nitrogens is 3. The van der Waals surface area contributed by atoms with E-state index in [-0.39, 0.29) is 5.91 Å². The topological polar surface area (TPSA) is 51.0 Å². The molecule has 0 atom stereocenters. The van der Waals surface area contributed by atoms with E-state index < -0.39 is 0 Å². The second kappa shape index (κ2) is 7.91. The van der Waals surface area contributed by atoms with Crippen molar-refractivity contribution in [2.24, 2.45) is 0 Å². The Kier molecular flexibility index (Phi) is 5.41. The molecule has 7 heteroatoms. The molecule has 4 rings (SSSR count). The standard InChI is InChI=1S/C18H24N4OS2/c23-17(21-9-3-1-2-4-10-21)13-25-18-20-19-16(22(18)14-7-8-14)12-15-6-5-11-24-15/h5-6,11,14H,1-4,7-10,12-13H2. The molecule has 5 nitrogen and oxygen atoms in total. The normalized spacial score (nSPS) is 18.3. The van der Waals surface area contributed by atoms with E-state index in [0.717, 1.165) is 43.3 Å². The summed E-state index contributed by atoms with van der Waals surface area (Å²) < 4.78 is 2.28. The number of amides is 1. The fraction of sp³-hybridized carbons (Fsp3) is 0.611. The Morgan fingerprint density at radius 2 is 2.00 bits per heavy atom. The van der Waals surface area contributed by atoms with Crippen molar-refractivity contribution < 1.29 is 4.79 Å². The van der Waals surface area contributed by atoms with Crippen LogP contribution in [0, 0.1) is 0 Å². The van der Waals surface area contributed by atoms with Crippen molar-refractivity contribution in [3.8, 4) is 0 Å². The number of carbonyl (C=O) groups is 1. The number of likely N-dealkylation sites (tertiary alicyclic amines) is 1. The summed E-state index contributed by atoms with van der Waals surface area (Å²) in [4.78, 5) is 15.9. The van der Waals surface area contributed by atoms with E-state index >= 15 is 0 Å². The van der Waals surface area contributed by atoms with Crippen molar-refractivity contribution >= 4 is 29.0 Å². The predicted molar refractivity (Wildman–Crippen MR) is 101 cm³/mol. The van der Waals surface area contributed by atoms with Crippen LogP contribution in [0.25, 0.3) is 0 Å². The first kappa shape index (κ1) is 17.1. The van der Waals surface area contributed by atoms with Gasteiger partial charge in [-0.2, -0.15) is 0 Å². The van der Waals surface area contributed by atoms with Crippen LogP contribution in [0.1, 0.15) is 55.3 Å². The van der Waals surface area contributed by atoms with Gasteiger partial charge in [-0.15, -0.1) is 21.5 Å². The van der Waals surface area contributed by atoms with Gasteiger partial charge >= 0.3 is 0 Å². The van der Waals surface area contributed by atoms with E-state index in [4.69, 9.17) is 0 Å². The van der Waals surface area contributed by atoms with Crippen molar-refractivity contribution in [3.05, 3.63) is 28.2 Å². The monoisotopic (exact) mass is 376 g/mol. The van der Waals surface area contributed by atoms with Gasteiger partial charge in [-0.25, -0.2) is 0 Å². The number of nitrogens with zero attached hydrogens (tertiary/aromatic N) is 4. The van der Waals surface area contributed by atoms with Crippen molar-refractivity contribution in [1.29, 1.82) is 0 Å². The number of hydrogen-bond acceptors (Lipinski definition) is 5. The molecule has 0 unspecified atom stereocenters. The van der Waals surface area contributed by atoms with Crippen LogP contribution in [0.4, 0.5) is 0 Å². The molecular weight excluding hydrogens is 352 g/mol. The van der Waals surface area contributed by atoms with Crippen LogP contribution in [0.15, 0.2) is 22.7 Å². The lowest BCUT2D eigenvalue weighted by atomic mass is 10.2. The van der Waals surface area contributed by atoms with Crippen LogP contribution < -0.4 is 0 Å². The van der Waals surface area contributed by atoms with Gasteiger partial charge in [0.15, 0.2) is 5.16 Å². The average Bonchev–Trinajstić information content (AvgIpc) is 3.29. The molecular formula is C18H24N4OS2. The van der Waals surface area contributed by atoms with Crippen molar-refractivity contribution in [3.63, 3.8) is 0 Å².